The van der Waals surface area contributed by atoms with E-state index in [0.717, 1.165) is 46.3 Å². The number of fused-ring (bicyclic) bond motifs is 1. The molecule has 198 valence electrons. The Balaban J connectivity index is 1.44. The average Bonchev–Trinajstić information content (AvgIpc) is 3.40. The third-order valence-electron chi connectivity index (χ3n) is 6.45. The van der Waals surface area contributed by atoms with Crippen molar-refractivity contribution in [1.29, 1.82) is 0 Å². The first-order valence-corrected chi connectivity index (χ1v) is 14.7. The van der Waals surface area contributed by atoms with Crippen LogP contribution in [0.15, 0.2) is 47.4 Å². The van der Waals surface area contributed by atoms with Gasteiger partial charge in [-0.15, -0.1) is 11.3 Å². The van der Waals surface area contributed by atoms with Crippen molar-refractivity contribution in [1.82, 2.24) is 9.88 Å². The molecule has 8 nitrogen and oxygen atoms in total. The van der Waals surface area contributed by atoms with Gasteiger partial charge in [0.25, 0.3) is 0 Å². The fraction of sp³-hybridized carbons (Fsp3) is 0.407. The molecule has 0 spiro atoms. The maximum Gasteiger partial charge on any atom is 0.230 e. The molecule has 0 bridgehead atoms. The monoisotopic (exact) mass is 543 g/mol. The molecule has 2 heterocycles. The van der Waals surface area contributed by atoms with Crippen LogP contribution < -0.4 is 14.8 Å². The molecule has 10 heteroatoms. The van der Waals surface area contributed by atoms with E-state index in [1.165, 1.54) is 11.3 Å². The third-order valence-corrected chi connectivity index (χ3v) is 9.17. The zero-order chi connectivity index (χ0) is 26.7. The number of carbonyl (C=O) groups excluding carboxylic acids is 1. The maximum atomic E-state index is 12.7. The minimum absolute atomic E-state index is 0.0457. The van der Waals surface area contributed by atoms with Crippen LogP contribution in [-0.2, 0) is 34.1 Å². The van der Waals surface area contributed by atoms with Gasteiger partial charge >= 0.3 is 0 Å². The first kappa shape index (κ1) is 27.1. The molecule has 1 N–H and O–H groups in total. The van der Waals surface area contributed by atoms with Gasteiger partial charge in [0.15, 0.2) is 15.0 Å². The summed E-state index contributed by atoms with van der Waals surface area (Å²) in [4.78, 5) is 21.3. The molecule has 1 amide bonds. The lowest BCUT2D eigenvalue weighted by Crippen LogP contribution is -2.26. The normalized spacial score (nSPS) is 15.6. The number of sulfone groups is 1. The number of hydrogen-bond donors (Lipinski definition) is 1. The van der Waals surface area contributed by atoms with E-state index in [0.29, 0.717) is 11.0 Å². The van der Waals surface area contributed by atoms with Gasteiger partial charge in [0.1, 0.15) is 11.5 Å². The summed E-state index contributed by atoms with van der Waals surface area (Å²) >= 11 is 1.51. The molecule has 0 radical (unpaired) electrons. The SMILES string of the molecule is CCS(=O)(=O)c1ccc(CC(=O)Nc2nc3c(s2)CN(Cc2cc(OC)cc(OC)c2)C3C(C)C)cc1. The summed E-state index contributed by atoms with van der Waals surface area (Å²) in [6.07, 6.45) is 0.147. The van der Waals surface area contributed by atoms with E-state index < -0.39 is 9.84 Å². The Kier molecular flexibility index (Phi) is 8.20. The highest BCUT2D eigenvalue weighted by Gasteiger charge is 2.36. The number of nitrogens with zero attached hydrogens (tertiary/aromatic N) is 2. The molecule has 0 fully saturated rings. The Morgan fingerprint density at radius 1 is 1.11 bits per heavy atom. The molecule has 1 unspecified atom stereocenters. The Bertz CT molecular complexity index is 1340. The van der Waals surface area contributed by atoms with Crippen LogP contribution in [0.4, 0.5) is 5.13 Å². The van der Waals surface area contributed by atoms with Crippen LogP contribution in [0.2, 0.25) is 0 Å². The van der Waals surface area contributed by atoms with Crippen LogP contribution in [0.3, 0.4) is 0 Å². The number of hydrogen-bond acceptors (Lipinski definition) is 8. The van der Waals surface area contributed by atoms with Crippen molar-refractivity contribution in [3.05, 3.63) is 64.2 Å². The summed E-state index contributed by atoms with van der Waals surface area (Å²) in [6.45, 7) is 7.45. The van der Waals surface area contributed by atoms with Gasteiger partial charge in [-0.25, -0.2) is 13.4 Å². The summed E-state index contributed by atoms with van der Waals surface area (Å²) in [6, 6.07) is 12.5. The van der Waals surface area contributed by atoms with Crippen molar-refractivity contribution < 1.29 is 22.7 Å². The summed E-state index contributed by atoms with van der Waals surface area (Å²) in [5, 5.41) is 3.52. The number of amides is 1. The zero-order valence-electron chi connectivity index (χ0n) is 21.8. The highest BCUT2D eigenvalue weighted by Crippen LogP contribution is 2.43. The number of thiazole rings is 1. The number of aromatic nitrogens is 1. The summed E-state index contributed by atoms with van der Waals surface area (Å²) in [5.74, 6) is 1.71. The van der Waals surface area contributed by atoms with Gasteiger partial charge in [0.2, 0.25) is 5.91 Å². The van der Waals surface area contributed by atoms with E-state index in [1.807, 2.05) is 18.2 Å². The van der Waals surface area contributed by atoms with Crippen LogP contribution in [0, 0.1) is 5.92 Å². The molecular weight excluding hydrogens is 510 g/mol. The van der Waals surface area contributed by atoms with Gasteiger partial charge in [0.05, 0.1) is 43.0 Å². The van der Waals surface area contributed by atoms with Gasteiger partial charge in [-0.05, 0) is 41.3 Å². The van der Waals surface area contributed by atoms with E-state index in [-0.39, 0.29) is 29.0 Å². The predicted octanol–water partition coefficient (Wildman–Crippen LogP) is 4.85. The molecule has 1 aliphatic rings. The highest BCUT2D eigenvalue weighted by atomic mass is 32.2. The van der Waals surface area contributed by atoms with Crippen LogP contribution in [0.1, 0.15) is 48.5 Å². The summed E-state index contributed by atoms with van der Waals surface area (Å²) < 4.78 is 34.9. The second-order valence-corrected chi connectivity index (χ2v) is 12.8. The molecule has 1 aromatic heterocycles. The number of rotatable bonds is 10. The smallest absolute Gasteiger partial charge is 0.230 e. The molecule has 4 rings (SSSR count). The Hall–Kier alpha value is -2.95. The van der Waals surface area contributed by atoms with E-state index >= 15 is 0 Å². The second-order valence-electron chi connectivity index (χ2n) is 9.41. The van der Waals surface area contributed by atoms with Crippen molar-refractivity contribution in [2.45, 2.75) is 51.2 Å². The van der Waals surface area contributed by atoms with Crippen molar-refractivity contribution in [3.63, 3.8) is 0 Å². The van der Waals surface area contributed by atoms with E-state index in [9.17, 15) is 13.2 Å². The van der Waals surface area contributed by atoms with Gasteiger partial charge < -0.3 is 14.8 Å². The van der Waals surface area contributed by atoms with Gasteiger partial charge in [-0.1, -0.05) is 32.9 Å². The standard InChI is InChI=1S/C27H33N3O5S2/c1-6-37(32,33)22-9-7-18(8-10-22)13-24(31)28-27-29-25-23(36-27)16-30(26(25)17(2)3)15-19-11-20(34-4)14-21(12-19)35-5/h7-12,14,17,26H,6,13,15-16H2,1-5H3,(H,28,29,31). The minimum atomic E-state index is -3.26. The van der Waals surface area contributed by atoms with Gasteiger partial charge in [-0.3, -0.25) is 9.69 Å². The molecule has 0 saturated heterocycles. The molecule has 0 saturated carbocycles. The number of methoxy groups -OCH3 is 2. The molecular formula is C27H33N3O5S2. The van der Waals surface area contributed by atoms with Crippen LogP contribution >= 0.6 is 11.3 Å². The Morgan fingerprint density at radius 3 is 2.32 bits per heavy atom. The second kappa shape index (κ2) is 11.2. The number of carbonyl (C=O) groups is 1. The Morgan fingerprint density at radius 2 is 1.76 bits per heavy atom. The molecule has 0 aliphatic carbocycles. The largest absolute Gasteiger partial charge is 0.497 e. The Labute approximate surface area is 222 Å². The first-order chi connectivity index (χ1) is 17.6. The van der Waals surface area contributed by atoms with Crippen LogP contribution in [0.25, 0.3) is 0 Å². The maximum absolute atomic E-state index is 12.7. The van der Waals surface area contributed by atoms with E-state index in [1.54, 1.807) is 45.4 Å². The van der Waals surface area contributed by atoms with E-state index in [4.69, 9.17) is 14.5 Å². The summed E-state index contributed by atoms with van der Waals surface area (Å²) in [5.41, 5.74) is 2.86. The molecule has 2 aromatic carbocycles. The van der Waals surface area contributed by atoms with Crippen molar-refractivity contribution >= 4 is 32.2 Å². The van der Waals surface area contributed by atoms with E-state index in [2.05, 4.69) is 24.1 Å². The number of anilines is 1. The summed E-state index contributed by atoms with van der Waals surface area (Å²) in [7, 11) is 0.0347. The third kappa shape index (κ3) is 6.14. The van der Waals surface area contributed by atoms with Crippen LogP contribution in [0.5, 0.6) is 11.5 Å². The lowest BCUT2D eigenvalue weighted by atomic mass is 10.0. The quantitative estimate of drug-likeness (QED) is 0.390. The molecule has 37 heavy (non-hydrogen) atoms. The number of ether oxygens (including phenoxy) is 2. The topological polar surface area (TPSA) is 97.8 Å². The number of benzene rings is 2. The average molecular weight is 544 g/mol. The fourth-order valence-electron chi connectivity index (χ4n) is 4.63. The number of nitrogens with one attached hydrogen (secondary N) is 1. The van der Waals surface area contributed by atoms with Crippen molar-refractivity contribution in [3.8, 4) is 11.5 Å². The van der Waals surface area contributed by atoms with Gasteiger partial charge in [0, 0.05) is 24.0 Å². The van der Waals surface area contributed by atoms with Crippen LogP contribution in [-0.4, -0.2) is 44.2 Å². The zero-order valence-corrected chi connectivity index (χ0v) is 23.4. The fourth-order valence-corrected chi connectivity index (χ4v) is 6.56. The molecule has 1 atom stereocenters. The highest BCUT2D eigenvalue weighted by molar-refractivity contribution is 7.91. The predicted molar refractivity (Wildman–Crippen MR) is 145 cm³/mol. The molecule has 3 aromatic rings. The lowest BCUT2D eigenvalue weighted by Gasteiger charge is -2.28. The van der Waals surface area contributed by atoms with Crippen molar-refractivity contribution in [2.75, 3.05) is 25.3 Å². The minimum Gasteiger partial charge on any atom is -0.497 e. The molecule has 1 aliphatic heterocycles. The van der Waals surface area contributed by atoms with Crippen molar-refractivity contribution in [2.24, 2.45) is 5.92 Å². The van der Waals surface area contributed by atoms with Gasteiger partial charge in [-0.2, -0.15) is 0 Å². The lowest BCUT2D eigenvalue weighted by molar-refractivity contribution is -0.115. The first-order valence-electron chi connectivity index (χ1n) is 12.2.